The minimum atomic E-state index is -0.478. The van der Waals surface area contributed by atoms with E-state index in [2.05, 4.69) is 22.6 Å². The molecule has 0 saturated carbocycles. The molecule has 0 aromatic heterocycles. The summed E-state index contributed by atoms with van der Waals surface area (Å²) >= 11 is 8.59. The molecule has 0 atom stereocenters. The van der Waals surface area contributed by atoms with E-state index in [0.29, 0.717) is 9.23 Å². The van der Waals surface area contributed by atoms with Crippen LogP contribution in [0.25, 0.3) is 6.08 Å². The molecule has 1 heterocycles. The molecule has 2 aromatic carbocycles. The number of methoxy groups -OCH3 is 1. The maximum absolute atomic E-state index is 14.0. The van der Waals surface area contributed by atoms with Crippen molar-refractivity contribution in [3.05, 3.63) is 62.3 Å². The Hall–Kier alpha value is -1.45. The summed E-state index contributed by atoms with van der Waals surface area (Å²) in [4.78, 5) is 14.3. The second-order valence-electron chi connectivity index (χ2n) is 4.86. The number of anilines is 1. The van der Waals surface area contributed by atoms with Crippen LogP contribution in [0.4, 0.5) is 10.1 Å². The van der Waals surface area contributed by atoms with Crippen molar-refractivity contribution in [2.75, 3.05) is 12.0 Å². The Morgan fingerprint density at radius 3 is 2.71 bits per heavy atom. The first-order chi connectivity index (χ1) is 11.5. The molecule has 7 heteroatoms. The van der Waals surface area contributed by atoms with Gasteiger partial charge in [-0.25, -0.2) is 4.39 Å². The minimum Gasteiger partial charge on any atom is -0.496 e. The fraction of sp³-hybridized carbons (Fsp3) is 0.0588. The maximum Gasteiger partial charge on any atom is 0.270 e. The predicted octanol–water partition coefficient (Wildman–Crippen LogP) is 4.84. The first-order valence-corrected chi connectivity index (χ1v) is 9.17. The Labute approximate surface area is 162 Å². The minimum absolute atomic E-state index is 0.174. The van der Waals surface area contributed by atoms with E-state index >= 15 is 0 Å². The fourth-order valence-corrected chi connectivity index (χ4v) is 4.28. The number of hydrogen-bond acceptors (Lipinski definition) is 4. The molecule has 0 radical (unpaired) electrons. The lowest BCUT2D eigenvalue weighted by atomic mass is 10.2. The van der Waals surface area contributed by atoms with Crippen LogP contribution in [0, 0.1) is 9.39 Å². The van der Waals surface area contributed by atoms with Crippen molar-refractivity contribution in [1.29, 1.82) is 0 Å². The van der Waals surface area contributed by atoms with Gasteiger partial charge in [-0.2, -0.15) is 0 Å². The van der Waals surface area contributed by atoms with Crippen molar-refractivity contribution in [3.8, 4) is 5.75 Å². The number of ether oxygens (including phenoxy) is 1. The smallest absolute Gasteiger partial charge is 0.270 e. The van der Waals surface area contributed by atoms with E-state index in [0.717, 1.165) is 26.6 Å². The summed E-state index contributed by atoms with van der Waals surface area (Å²) in [6, 6.07) is 11.7. The molecule has 0 unspecified atom stereocenters. The normalized spacial score (nSPS) is 16.1. The third-order valence-corrected chi connectivity index (χ3v) is 5.51. The lowest BCUT2D eigenvalue weighted by Crippen LogP contribution is -2.28. The lowest BCUT2D eigenvalue weighted by molar-refractivity contribution is -0.113. The highest BCUT2D eigenvalue weighted by Gasteiger charge is 2.34. The fourth-order valence-electron chi connectivity index (χ4n) is 2.23. The standard InChI is InChI=1S/C17H11FINO2S2/c1-22-14-7-6-10(8-12(14)19)9-15-16(21)20(17(23)24-15)13-5-3-2-4-11(13)18/h2-9H,1H3/b15-9+. The highest BCUT2D eigenvalue weighted by atomic mass is 127. The monoisotopic (exact) mass is 471 g/mol. The number of thioether (sulfide) groups is 1. The van der Waals surface area contributed by atoms with Crippen LogP contribution in [-0.2, 0) is 4.79 Å². The van der Waals surface area contributed by atoms with Crippen LogP contribution >= 0.6 is 46.6 Å². The number of para-hydroxylation sites is 1. The molecule has 3 nitrogen and oxygen atoms in total. The molecule has 2 aromatic rings. The van der Waals surface area contributed by atoms with Gasteiger partial charge >= 0.3 is 0 Å². The molecule has 0 spiro atoms. The molecule has 122 valence electrons. The Kier molecular flexibility index (Phi) is 5.21. The molecule has 1 aliphatic heterocycles. The third kappa shape index (κ3) is 3.33. The molecule has 0 N–H and O–H groups in total. The number of carbonyl (C=O) groups excluding carboxylic acids is 1. The maximum atomic E-state index is 14.0. The summed E-state index contributed by atoms with van der Waals surface area (Å²) in [5.41, 5.74) is 1.03. The van der Waals surface area contributed by atoms with Gasteiger partial charge in [0.05, 0.1) is 21.3 Å². The van der Waals surface area contributed by atoms with Crippen LogP contribution in [0.3, 0.4) is 0 Å². The molecule has 1 saturated heterocycles. The number of hydrogen-bond donors (Lipinski definition) is 0. The van der Waals surface area contributed by atoms with Gasteiger partial charge in [-0.05, 0) is 58.5 Å². The van der Waals surface area contributed by atoms with E-state index < -0.39 is 5.82 Å². The van der Waals surface area contributed by atoms with E-state index in [9.17, 15) is 9.18 Å². The van der Waals surface area contributed by atoms with Crippen molar-refractivity contribution in [1.82, 2.24) is 0 Å². The topological polar surface area (TPSA) is 29.5 Å². The summed E-state index contributed by atoms with van der Waals surface area (Å²) in [6.07, 6.45) is 1.75. The van der Waals surface area contributed by atoms with Gasteiger partial charge in [0.1, 0.15) is 11.6 Å². The average Bonchev–Trinajstić information content (AvgIpc) is 2.82. The molecule has 1 amide bonds. The third-order valence-electron chi connectivity index (χ3n) is 3.36. The predicted molar refractivity (Wildman–Crippen MR) is 108 cm³/mol. The van der Waals surface area contributed by atoms with Crippen LogP contribution in [0.1, 0.15) is 5.56 Å². The number of halogens is 2. The second kappa shape index (κ2) is 7.20. The lowest BCUT2D eigenvalue weighted by Gasteiger charge is -2.14. The number of benzene rings is 2. The molecule has 24 heavy (non-hydrogen) atoms. The van der Waals surface area contributed by atoms with Crippen molar-refractivity contribution in [2.45, 2.75) is 0 Å². The Balaban J connectivity index is 1.94. The highest BCUT2D eigenvalue weighted by molar-refractivity contribution is 14.1. The van der Waals surface area contributed by atoms with E-state index in [1.807, 2.05) is 18.2 Å². The highest BCUT2D eigenvalue weighted by Crippen LogP contribution is 2.37. The molecular formula is C17H11FINO2S2. The Morgan fingerprint density at radius 1 is 1.29 bits per heavy atom. The molecule has 1 fully saturated rings. The van der Waals surface area contributed by atoms with Gasteiger partial charge in [0.25, 0.3) is 5.91 Å². The van der Waals surface area contributed by atoms with E-state index in [1.165, 1.54) is 11.0 Å². The van der Waals surface area contributed by atoms with Gasteiger partial charge < -0.3 is 4.74 Å². The van der Waals surface area contributed by atoms with Crippen molar-refractivity contribution in [3.63, 3.8) is 0 Å². The van der Waals surface area contributed by atoms with Gasteiger partial charge in [-0.15, -0.1) is 0 Å². The van der Waals surface area contributed by atoms with Crippen LogP contribution < -0.4 is 9.64 Å². The number of carbonyl (C=O) groups is 1. The number of nitrogens with zero attached hydrogens (tertiary/aromatic N) is 1. The van der Waals surface area contributed by atoms with Crippen molar-refractivity contribution < 1.29 is 13.9 Å². The molecule has 3 rings (SSSR count). The van der Waals surface area contributed by atoms with Crippen LogP contribution in [0.15, 0.2) is 47.4 Å². The summed E-state index contributed by atoms with van der Waals surface area (Å²) in [5, 5.41) is 0. The van der Waals surface area contributed by atoms with E-state index in [-0.39, 0.29) is 11.6 Å². The van der Waals surface area contributed by atoms with Gasteiger partial charge in [-0.1, -0.05) is 42.2 Å². The van der Waals surface area contributed by atoms with Crippen molar-refractivity contribution >= 4 is 68.6 Å². The van der Waals surface area contributed by atoms with Crippen LogP contribution in [-0.4, -0.2) is 17.3 Å². The Bertz CT molecular complexity index is 869. The van der Waals surface area contributed by atoms with Crippen LogP contribution in [0.5, 0.6) is 5.75 Å². The van der Waals surface area contributed by atoms with Crippen molar-refractivity contribution in [2.24, 2.45) is 0 Å². The van der Waals surface area contributed by atoms with Gasteiger partial charge in [0.2, 0.25) is 0 Å². The van der Waals surface area contributed by atoms with E-state index in [4.69, 9.17) is 17.0 Å². The Morgan fingerprint density at radius 2 is 2.04 bits per heavy atom. The number of thiocarbonyl (C=S) groups is 1. The first-order valence-electron chi connectivity index (χ1n) is 6.87. The number of amides is 1. The van der Waals surface area contributed by atoms with Crippen LogP contribution in [0.2, 0.25) is 0 Å². The largest absolute Gasteiger partial charge is 0.496 e. The zero-order valence-electron chi connectivity index (χ0n) is 12.5. The molecular weight excluding hydrogens is 460 g/mol. The average molecular weight is 471 g/mol. The molecule has 0 bridgehead atoms. The second-order valence-corrected chi connectivity index (χ2v) is 7.70. The van der Waals surface area contributed by atoms with Gasteiger partial charge in [0.15, 0.2) is 4.32 Å². The molecule has 0 aliphatic carbocycles. The van der Waals surface area contributed by atoms with E-state index in [1.54, 1.807) is 31.4 Å². The van der Waals surface area contributed by atoms with Gasteiger partial charge in [-0.3, -0.25) is 9.69 Å². The molecule has 1 aliphatic rings. The summed E-state index contributed by atoms with van der Waals surface area (Å²) in [7, 11) is 1.61. The number of rotatable bonds is 3. The quantitative estimate of drug-likeness (QED) is 0.364. The summed E-state index contributed by atoms with van der Waals surface area (Å²) < 4.78 is 20.5. The summed E-state index contributed by atoms with van der Waals surface area (Å²) in [6.45, 7) is 0. The first kappa shape index (κ1) is 17.4. The van der Waals surface area contributed by atoms with Gasteiger partial charge in [0, 0.05) is 0 Å². The zero-order chi connectivity index (χ0) is 17.3. The zero-order valence-corrected chi connectivity index (χ0v) is 16.2. The summed E-state index contributed by atoms with van der Waals surface area (Å²) in [5.74, 6) is -0.0263. The SMILES string of the molecule is COc1ccc(/C=C2/SC(=S)N(c3ccccc3F)C2=O)cc1I.